The van der Waals surface area contributed by atoms with Crippen molar-refractivity contribution in [3.8, 4) is 11.5 Å². The van der Waals surface area contributed by atoms with E-state index in [0.717, 1.165) is 23.1 Å². The van der Waals surface area contributed by atoms with Crippen molar-refractivity contribution in [1.82, 2.24) is 14.9 Å². The zero-order chi connectivity index (χ0) is 14.3. The second kappa shape index (κ2) is 4.59. The van der Waals surface area contributed by atoms with Crippen LogP contribution in [-0.2, 0) is 4.79 Å². The summed E-state index contributed by atoms with van der Waals surface area (Å²) < 4.78 is 7.30. The first kappa shape index (κ1) is 12.6. The Morgan fingerprint density at radius 3 is 2.85 bits per heavy atom. The van der Waals surface area contributed by atoms with E-state index in [-0.39, 0.29) is 5.92 Å². The lowest BCUT2D eigenvalue weighted by Crippen LogP contribution is -2.23. The predicted molar refractivity (Wildman–Crippen MR) is 73.2 cm³/mol. The highest BCUT2D eigenvalue weighted by Gasteiger charge is 2.28. The van der Waals surface area contributed by atoms with Crippen molar-refractivity contribution in [3.63, 3.8) is 0 Å². The molecule has 1 aliphatic heterocycles. The first-order valence-electron chi connectivity index (χ1n) is 6.41. The van der Waals surface area contributed by atoms with Crippen LogP contribution in [0.2, 0.25) is 0 Å². The maximum Gasteiger partial charge on any atom is 0.249 e. The molecule has 2 aromatic heterocycles. The monoisotopic (exact) mass is 273 g/mol. The van der Waals surface area contributed by atoms with Crippen LogP contribution in [0.1, 0.15) is 43.0 Å². The summed E-state index contributed by atoms with van der Waals surface area (Å²) in [5, 5.41) is 7.93. The maximum atomic E-state index is 11.2. The van der Waals surface area contributed by atoms with E-state index in [9.17, 15) is 4.79 Å². The van der Waals surface area contributed by atoms with Crippen molar-refractivity contribution in [3.05, 3.63) is 23.3 Å². The van der Waals surface area contributed by atoms with Gasteiger partial charge in [-0.1, -0.05) is 13.8 Å². The molecule has 1 unspecified atom stereocenters. The van der Waals surface area contributed by atoms with Crippen molar-refractivity contribution in [2.75, 3.05) is 5.43 Å². The van der Waals surface area contributed by atoms with Gasteiger partial charge in [-0.25, -0.2) is 0 Å². The number of nitrogens with one attached hydrogen (secondary N) is 1. The summed E-state index contributed by atoms with van der Waals surface area (Å²) in [7, 11) is 0. The molecule has 0 aliphatic carbocycles. The second-order valence-electron chi connectivity index (χ2n) is 4.98. The largest absolute Gasteiger partial charge is 0.421 e. The van der Waals surface area contributed by atoms with E-state index < -0.39 is 6.04 Å². The molecular formula is C13H15N5O2. The Hall–Kier alpha value is -2.44. The van der Waals surface area contributed by atoms with Crippen molar-refractivity contribution in [2.24, 2.45) is 4.99 Å². The molecular weight excluding hydrogens is 258 g/mol. The number of nitrogens with zero attached hydrogens (tertiary/aromatic N) is 4. The Kier molecular flexibility index (Phi) is 2.89. The lowest BCUT2D eigenvalue weighted by molar-refractivity contribution is -0.109. The summed E-state index contributed by atoms with van der Waals surface area (Å²) in [6.45, 7) is 5.86. The molecule has 2 aromatic rings. The first-order chi connectivity index (χ1) is 9.61. The third-order valence-corrected chi connectivity index (χ3v) is 3.26. The van der Waals surface area contributed by atoms with Crippen LogP contribution in [0, 0.1) is 6.92 Å². The van der Waals surface area contributed by atoms with Gasteiger partial charge in [0.25, 0.3) is 0 Å². The fraction of sp³-hybridized carbons (Fsp3) is 0.385. The van der Waals surface area contributed by atoms with Gasteiger partial charge in [0.05, 0.1) is 11.3 Å². The van der Waals surface area contributed by atoms with Gasteiger partial charge in [-0.2, -0.15) is 0 Å². The van der Waals surface area contributed by atoms with Gasteiger partial charge in [-0.15, -0.1) is 10.2 Å². The van der Waals surface area contributed by atoms with Crippen LogP contribution < -0.4 is 5.43 Å². The van der Waals surface area contributed by atoms with E-state index in [1.807, 2.05) is 6.20 Å². The normalized spacial score (nSPS) is 17.1. The van der Waals surface area contributed by atoms with Crippen LogP contribution in [0.25, 0.3) is 11.5 Å². The number of aldehydes is 1. The molecule has 7 nitrogen and oxygen atoms in total. The molecule has 0 spiro atoms. The summed E-state index contributed by atoms with van der Waals surface area (Å²) in [6, 6.07) is -0.508. The van der Waals surface area contributed by atoms with Gasteiger partial charge in [0.15, 0.2) is 6.29 Å². The predicted octanol–water partition coefficient (Wildman–Crippen LogP) is 1.80. The first-order valence-corrected chi connectivity index (χ1v) is 6.41. The lowest BCUT2D eigenvalue weighted by Gasteiger charge is -2.19. The smallest absolute Gasteiger partial charge is 0.249 e. The van der Waals surface area contributed by atoms with Gasteiger partial charge in [-0.05, 0) is 11.5 Å². The summed E-state index contributed by atoms with van der Waals surface area (Å²) in [4.78, 5) is 15.4. The van der Waals surface area contributed by atoms with Crippen LogP contribution in [0.3, 0.4) is 0 Å². The van der Waals surface area contributed by atoms with E-state index in [1.54, 1.807) is 11.6 Å². The number of hydrogen-bond donors (Lipinski definition) is 1. The molecule has 1 aliphatic rings. The van der Waals surface area contributed by atoms with Crippen LogP contribution in [0.5, 0.6) is 0 Å². The summed E-state index contributed by atoms with van der Waals surface area (Å²) >= 11 is 0. The zero-order valence-corrected chi connectivity index (χ0v) is 11.5. The van der Waals surface area contributed by atoms with Gasteiger partial charge in [0.2, 0.25) is 11.8 Å². The summed E-state index contributed by atoms with van der Waals surface area (Å²) in [5.41, 5.74) is 5.65. The number of aromatic nitrogens is 3. The van der Waals surface area contributed by atoms with Gasteiger partial charge in [-0.3, -0.25) is 15.1 Å². The lowest BCUT2D eigenvalue weighted by atomic mass is 9.96. The Balaban J connectivity index is 2.22. The minimum Gasteiger partial charge on any atom is -0.421 e. The van der Waals surface area contributed by atoms with Crippen molar-refractivity contribution < 1.29 is 9.21 Å². The third-order valence-electron chi connectivity index (χ3n) is 3.26. The number of fused-ring (bicyclic) bond motifs is 1. The van der Waals surface area contributed by atoms with Gasteiger partial charge >= 0.3 is 0 Å². The quantitative estimate of drug-likeness (QED) is 0.862. The fourth-order valence-corrected chi connectivity index (χ4v) is 2.47. The van der Waals surface area contributed by atoms with Crippen molar-refractivity contribution in [2.45, 2.75) is 32.7 Å². The molecule has 20 heavy (non-hydrogen) atoms. The van der Waals surface area contributed by atoms with E-state index in [2.05, 4.69) is 34.5 Å². The average molecular weight is 273 g/mol. The second-order valence-corrected chi connectivity index (χ2v) is 4.98. The number of aryl methyl sites for hydroxylation is 1. The Labute approximate surface area is 115 Å². The molecule has 7 heteroatoms. The van der Waals surface area contributed by atoms with Gasteiger partial charge in [0.1, 0.15) is 12.4 Å². The minimum atomic E-state index is -0.508. The number of carbonyl (C=O) groups excluding carboxylic acids is 1. The maximum absolute atomic E-state index is 11.2. The standard InChI is InChI=1S/C13H15N5O2/c1-7(2)11-9(13-17-16-8(3)20-13)4-18-12(11)10(5-19)14-6-15-18/h4-7,10H,1-3H3,(H,14,15). The molecule has 3 heterocycles. The topological polar surface area (TPSA) is 85.3 Å². The van der Waals surface area contributed by atoms with Crippen LogP contribution in [0.4, 0.5) is 0 Å². The van der Waals surface area contributed by atoms with Crippen molar-refractivity contribution >= 4 is 12.6 Å². The van der Waals surface area contributed by atoms with Gasteiger partial charge in [0, 0.05) is 13.1 Å². The molecule has 1 atom stereocenters. The highest BCUT2D eigenvalue weighted by molar-refractivity contribution is 5.76. The minimum absolute atomic E-state index is 0.200. The van der Waals surface area contributed by atoms with Crippen LogP contribution >= 0.6 is 0 Å². The average Bonchev–Trinajstić information content (AvgIpc) is 3.01. The Morgan fingerprint density at radius 2 is 2.25 bits per heavy atom. The number of hydrogen-bond acceptors (Lipinski definition) is 6. The SMILES string of the molecule is Cc1nnc(-c2cn3c(c2C(C)C)C(C=O)N=CN3)o1. The Morgan fingerprint density at radius 1 is 1.45 bits per heavy atom. The number of carbonyl (C=O) groups is 1. The van der Waals surface area contributed by atoms with E-state index in [0.29, 0.717) is 11.8 Å². The van der Waals surface area contributed by atoms with E-state index in [1.165, 1.54) is 6.34 Å². The highest BCUT2D eigenvalue weighted by Crippen LogP contribution is 2.36. The van der Waals surface area contributed by atoms with E-state index >= 15 is 0 Å². The molecule has 0 fully saturated rings. The van der Waals surface area contributed by atoms with Crippen LogP contribution in [0.15, 0.2) is 15.6 Å². The van der Waals surface area contributed by atoms with Crippen molar-refractivity contribution in [1.29, 1.82) is 0 Å². The Bertz CT molecular complexity index is 683. The molecule has 0 bridgehead atoms. The van der Waals surface area contributed by atoms with Gasteiger partial charge < -0.3 is 9.21 Å². The molecule has 1 N–H and O–H groups in total. The third kappa shape index (κ3) is 1.82. The fourth-order valence-electron chi connectivity index (χ4n) is 2.47. The summed E-state index contributed by atoms with van der Waals surface area (Å²) in [6.07, 6.45) is 4.20. The molecule has 0 amide bonds. The molecule has 0 saturated heterocycles. The van der Waals surface area contributed by atoms with E-state index in [4.69, 9.17) is 4.42 Å². The number of rotatable bonds is 3. The molecule has 0 radical (unpaired) electrons. The van der Waals surface area contributed by atoms with Crippen LogP contribution in [-0.4, -0.2) is 27.5 Å². The summed E-state index contributed by atoms with van der Waals surface area (Å²) in [5.74, 6) is 1.17. The highest BCUT2D eigenvalue weighted by atomic mass is 16.4. The number of aliphatic imine (C=N–C) groups is 1. The molecule has 0 aromatic carbocycles. The molecule has 104 valence electrons. The molecule has 0 saturated carbocycles. The zero-order valence-electron chi connectivity index (χ0n) is 11.5. The molecule has 3 rings (SSSR count).